The zero-order chi connectivity index (χ0) is 21.5. The van der Waals surface area contributed by atoms with Crippen LogP contribution < -0.4 is 0 Å². The van der Waals surface area contributed by atoms with Crippen LogP contribution in [-0.2, 0) is 22.7 Å². The van der Waals surface area contributed by atoms with Crippen LogP contribution in [0.1, 0.15) is 11.1 Å². The first kappa shape index (κ1) is 21.5. The van der Waals surface area contributed by atoms with Gasteiger partial charge >= 0.3 is 11.9 Å². The number of nitrogens with one attached hydrogen (secondary N) is 1. The minimum absolute atomic E-state index is 0.0984. The summed E-state index contributed by atoms with van der Waals surface area (Å²) in [5, 5.41) is 16.1. The summed E-state index contributed by atoms with van der Waals surface area (Å²) >= 11 is 0. The number of rotatable bonds is 4. The van der Waals surface area contributed by atoms with Crippen molar-refractivity contribution in [3.05, 3.63) is 71.7 Å². The highest BCUT2D eigenvalue weighted by atomic mass is 19.1. The topological polar surface area (TPSA) is 96.9 Å². The average Bonchev–Trinajstić information content (AvgIpc) is 3.14. The van der Waals surface area contributed by atoms with Crippen molar-refractivity contribution in [1.29, 1.82) is 0 Å². The van der Waals surface area contributed by atoms with Gasteiger partial charge in [-0.15, -0.1) is 0 Å². The fourth-order valence-corrected chi connectivity index (χ4v) is 3.48. The molecule has 1 saturated heterocycles. The fourth-order valence-electron chi connectivity index (χ4n) is 3.48. The summed E-state index contributed by atoms with van der Waals surface area (Å²) in [5.74, 6) is -3.75. The van der Waals surface area contributed by atoms with E-state index < -0.39 is 11.9 Å². The molecule has 1 aromatic heterocycles. The minimum atomic E-state index is -1.82. The highest BCUT2D eigenvalue weighted by Gasteiger charge is 2.19. The summed E-state index contributed by atoms with van der Waals surface area (Å²) in [5.41, 5.74) is 3.35. The Hall–Kier alpha value is -3.23. The highest BCUT2D eigenvalue weighted by Crippen LogP contribution is 2.20. The Morgan fingerprint density at radius 2 is 1.37 bits per heavy atom. The number of halogens is 1. The number of piperazine rings is 1. The lowest BCUT2D eigenvalue weighted by molar-refractivity contribution is -0.159. The molecule has 1 aliphatic rings. The number of carboxylic acid groups (broad SMARTS) is 2. The van der Waals surface area contributed by atoms with Crippen LogP contribution in [0.4, 0.5) is 4.39 Å². The largest absolute Gasteiger partial charge is 0.473 e. The van der Waals surface area contributed by atoms with E-state index in [2.05, 4.69) is 45.2 Å². The van der Waals surface area contributed by atoms with Crippen LogP contribution in [0.2, 0.25) is 0 Å². The third-order valence-electron chi connectivity index (χ3n) is 5.07. The Morgan fingerprint density at radius 3 is 1.97 bits per heavy atom. The first-order valence-corrected chi connectivity index (χ1v) is 9.63. The molecular formula is C22H24FN3O4. The Kier molecular flexibility index (Phi) is 7.16. The van der Waals surface area contributed by atoms with E-state index in [4.69, 9.17) is 19.8 Å². The van der Waals surface area contributed by atoms with E-state index in [1.54, 1.807) is 12.1 Å². The number of aromatic nitrogens is 1. The molecule has 0 unspecified atom stereocenters. The monoisotopic (exact) mass is 413 g/mol. The summed E-state index contributed by atoms with van der Waals surface area (Å²) in [6.07, 6.45) is 2.12. The number of aliphatic carboxylic acids is 2. The number of hydrogen-bond acceptors (Lipinski definition) is 4. The van der Waals surface area contributed by atoms with E-state index in [1.807, 2.05) is 12.1 Å². The fraction of sp³-hybridized carbons (Fsp3) is 0.273. The van der Waals surface area contributed by atoms with Crippen molar-refractivity contribution in [3.8, 4) is 0 Å². The SMILES string of the molecule is Fc1ccccc1CN1CCN(Cc2c[nH]c3ccccc23)CC1.O=C(O)C(=O)O. The molecule has 0 atom stereocenters. The number of para-hydroxylation sites is 1. The van der Waals surface area contributed by atoms with Crippen molar-refractivity contribution in [1.82, 2.24) is 14.8 Å². The lowest BCUT2D eigenvalue weighted by atomic mass is 10.1. The molecule has 158 valence electrons. The van der Waals surface area contributed by atoms with Crippen molar-refractivity contribution < 1.29 is 24.2 Å². The van der Waals surface area contributed by atoms with Crippen molar-refractivity contribution in [2.75, 3.05) is 26.2 Å². The summed E-state index contributed by atoms with van der Waals surface area (Å²) < 4.78 is 13.8. The number of benzene rings is 2. The minimum Gasteiger partial charge on any atom is -0.473 e. The van der Waals surface area contributed by atoms with E-state index in [1.165, 1.54) is 16.5 Å². The van der Waals surface area contributed by atoms with Crippen molar-refractivity contribution in [2.24, 2.45) is 0 Å². The third-order valence-corrected chi connectivity index (χ3v) is 5.07. The molecule has 3 aromatic rings. The average molecular weight is 413 g/mol. The van der Waals surface area contributed by atoms with Crippen LogP contribution >= 0.6 is 0 Å². The quantitative estimate of drug-likeness (QED) is 0.569. The molecule has 0 amide bonds. The molecule has 1 aliphatic heterocycles. The molecule has 0 radical (unpaired) electrons. The second kappa shape index (κ2) is 10.00. The lowest BCUT2D eigenvalue weighted by Crippen LogP contribution is -2.45. The number of carboxylic acids is 2. The van der Waals surface area contributed by atoms with Gasteiger partial charge in [0, 0.05) is 61.9 Å². The summed E-state index contributed by atoms with van der Waals surface area (Å²) in [4.78, 5) is 26.4. The predicted octanol–water partition coefficient (Wildman–Crippen LogP) is 2.78. The van der Waals surface area contributed by atoms with E-state index in [9.17, 15) is 4.39 Å². The van der Waals surface area contributed by atoms with Crippen LogP contribution in [0.15, 0.2) is 54.7 Å². The van der Waals surface area contributed by atoms with E-state index in [0.29, 0.717) is 6.54 Å². The number of nitrogens with zero attached hydrogens (tertiary/aromatic N) is 2. The van der Waals surface area contributed by atoms with Crippen LogP contribution in [0.25, 0.3) is 10.9 Å². The summed E-state index contributed by atoms with van der Waals surface area (Å²) in [6.45, 7) is 5.68. The maximum Gasteiger partial charge on any atom is 0.414 e. The van der Waals surface area contributed by atoms with Crippen LogP contribution in [-0.4, -0.2) is 63.1 Å². The number of aromatic amines is 1. The van der Waals surface area contributed by atoms with Gasteiger partial charge in [-0.25, -0.2) is 14.0 Å². The summed E-state index contributed by atoms with van der Waals surface area (Å²) in [7, 11) is 0. The van der Waals surface area contributed by atoms with Gasteiger partial charge in [0.25, 0.3) is 0 Å². The first-order chi connectivity index (χ1) is 14.4. The molecule has 0 bridgehead atoms. The zero-order valence-corrected chi connectivity index (χ0v) is 16.4. The molecule has 0 aliphatic carbocycles. The smallest absolute Gasteiger partial charge is 0.414 e. The Bertz CT molecular complexity index is 1000. The van der Waals surface area contributed by atoms with Crippen LogP contribution in [0, 0.1) is 5.82 Å². The Labute approximate surface area is 173 Å². The van der Waals surface area contributed by atoms with Gasteiger partial charge in [0.15, 0.2) is 0 Å². The van der Waals surface area contributed by atoms with Gasteiger partial charge in [-0.3, -0.25) is 9.80 Å². The van der Waals surface area contributed by atoms with E-state index >= 15 is 0 Å². The second-order valence-electron chi connectivity index (χ2n) is 7.11. The second-order valence-corrected chi connectivity index (χ2v) is 7.11. The van der Waals surface area contributed by atoms with Gasteiger partial charge in [0.05, 0.1) is 0 Å². The molecule has 4 rings (SSSR count). The van der Waals surface area contributed by atoms with Gasteiger partial charge in [-0.05, 0) is 17.7 Å². The van der Waals surface area contributed by atoms with Gasteiger partial charge < -0.3 is 15.2 Å². The zero-order valence-electron chi connectivity index (χ0n) is 16.4. The lowest BCUT2D eigenvalue weighted by Gasteiger charge is -2.34. The van der Waals surface area contributed by atoms with Gasteiger partial charge in [0.1, 0.15) is 5.82 Å². The number of carbonyl (C=O) groups is 2. The van der Waals surface area contributed by atoms with E-state index in [0.717, 1.165) is 38.3 Å². The third kappa shape index (κ3) is 5.65. The van der Waals surface area contributed by atoms with E-state index in [-0.39, 0.29) is 5.82 Å². The molecular weight excluding hydrogens is 389 g/mol. The predicted molar refractivity (Wildman–Crippen MR) is 111 cm³/mol. The van der Waals surface area contributed by atoms with Gasteiger partial charge in [0.2, 0.25) is 0 Å². The van der Waals surface area contributed by atoms with Crippen LogP contribution in [0.5, 0.6) is 0 Å². The van der Waals surface area contributed by atoms with Crippen molar-refractivity contribution in [2.45, 2.75) is 13.1 Å². The maximum absolute atomic E-state index is 13.8. The summed E-state index contributed by atoms with van der Waals surface area (Å²) in [6, 6.07) is 15.5. The molecule has 7 nitrogen and oxygen atoms in total. The number of hydrogen-bond donors (Lipinski definition) is 3. The molecule has 2 aromatic carbocycles. The van der Waals surface area contributed by atoms with Crippen molar-refractivity contribution >= 4 is 22.8 Å². The molecule has 2 heterocycles. The molecule has 8 heteroatoms. The first-order valence-electron chi connectivity index (χ1n) is 9.63. The maximum atomic E-state index is 13.8. The molecule has 3 N–H and O–H groups in total. The van der Waals surface area contributed by atoms with Gasteiger partial charge in [-0.1, -0.05) is 36.4 Å². The Morgan fingerprint density at radius 1 is 0.833 bits per heavy atom. The molecule has 0 saturated carbocycles. The van der Waals surface area contributed by atoms with Crippen molar-refractivity contribution in [3.63, 3.8) is 0 Å². The standard InChI is InChI=1S/C20H22FN3.C2H2O4/c21-19-7-3-1-5-16(19)14-23-9-11-24(12-10-23)15-17-13-22-20-8-4-2-6-18(17)20;3-1(4)2(5)6/h1-8,13,22H,9-12,14-15H2;(H,3,4)(H,5,6). The normalized spacial score (nSPS) is 14.8. The number of fused-ring (bicyclic) bond motifs is 1. The molecule has 0 spiro atoms. The highest BCUT2D eigenvalue weighted by molar-refractivity contribution is 6.27. The molecule has 1 fully saturated rings. The number of H-pyrrole nitrogens is 1. The Balaban J connectivity index is 0.000000377. The van der Waals surface area contributed by atoms with Crippen LogP contribution in [0.3, 0.4) is 0 Å². The van der Waals surface area contributed by atoms with Gasteiger partial charge in [-0.2, -0.15) is 0 Å². The molecule has 30 heavy (non-hydrogen) atoms.